The number of anilines is 1. The number of hydrogen-bond donors (Lipinski definition) is 1. The fourth-order valence-corrected chi connectivity index (χ4v) is 2.09. The molecule has 1 aromatic carbocycles. The van der Waals surface area contributed by atoms with Crippen LogP contribution >= 0.6 is 0 Å². The Kier molecular flexibility index (Phi) is 3.96. The molecule has 0 saturated heterocycles. The molecule has 1 amide bonds. The van der Waals surface area contributed by atoms with E-state index in [0.29, 0.717) is 5.76 Å². The van der Waals surface area contributed by atoms with Crippen LogP contribution in [0, 0.1) is 0 Å². The van der Waals surface area contributed by atoms with Crippen molar-refractivity contribution in [1.82, 2.24) is 10.1 Å². The van der Waals surface area contributed by atoms with Gasteiger partial charge in [0.25, 0.3) is 5.91 Å². The van der Waals surface area contributed by atoms with E-state index in [4.69, 9.17) is 4.52 Å². The van der Waals surface area contributed by atoms with Gasteiger partial charge in [-0.15, -0.1) is 0 Å². The van der Waals surface area contributed by atoms with Gasteiger partial charge in [-0.05, 0) is 36.2 Å². The molecule has 0 radical (unpaired) electrons. The van der Waals surface area contributed by atoms with Gasteiger partial charge < -0.3 is 9.84 Å². The average molecular weight is 293 g/mol. The third kappa shape index (κ3) is 3.03. The second-order valence-corrected chi connectivity index (χ2v) is 4.83. The van der Waals surface area contributed by atoms with Crippen molar-refractivity contribution in [3.8, 4) is 11.3 Å². The van der Waals surface area contributed by atoms with Crippen LogP contribution < -0.4 is 5.32 Å². The van der Waals surface area contributed by atoms with Crippen LogP contribution in [0.3, 0.4) is 0 Å². The van der Waals surface area contributed by atoms with E-state index < -0.39 is 0 Å². The van der Waals surface area contributed by atoms with E-state index in [2.05, 4.69) is 22.4 Å². The number of carbonyl (C=O) groups excluding carboxylic acids is 1. The summed E-state index contributed by atoms with van der Waals surface area (Å²) in [6.45, 7) is 2.07. The minimum atomic E-state index is -0.299. The molecule has 0 saturated carbocycles. The van der Waals surface area contributed by atoms with E-state index in [-0.39, 0.29) is 11.6 Å². The summed E-state index contributed by atoms with van der Waals surface area (Å²) >= 11 is 0. The fraction of sp³-hybridized carbons (Fsp3) is 0.118. The molecule has 0 aliphatic rings. The molecular formula is C17H15N3O2. The van der Waals surface area contributed by atoms with Gasteiger partial charge in [0.1, 0.15) is 0 Å². The molecule has 3 aromatic rings. The van der Waals surface area contributed by atoms with Crippen molar-refractivity contribution in [2.75, 3.05) is 5.32 Å². The number of hydrogen-bond acceptors (Lipinski definition) is 4. The fourth-order valence-electron chi connectivity index (χ4n) is 2.09. The number of benzene rings is 1. The molecule has 0 atom stereocenters. The van der Waals surface area contributed by atoms with Gasteiger partial charge in [-0.1, -0.05) is 24.2 Å². The van der Waals surface area contributed by atoms with Crippen molar-refractivity contribution in [3.05, 3.63) is 66.1 Å². The molecule has 0 aliphatic carbocycles. The Hall–Kier alpha value is -2.95. The van der Waals surface area contributed by atoms with Gasteiger partial charge in [-0.2, -0.15) is 0 Å². The second kappa shape index (κ2) is 6.22. The van der Waals surface area contributed by atoms with Gasteiger partial charge in [0, 0.05) is 29.7 Å². The Morgan fingerprint density at radius 3 is 2.91 bits per heavy atom. The van der Waals surface area contributed by atoms with Crippen molar-refractivity contribution in [1.29, 1.82) is 0 Å². The van der Waals surface area contributed by atoms with Gasteiger partial charge >= 0.3 is 0 Å². The van der Waals surface area contributed by atoms with Crippen molar-refractivity contribution in [2.24, 2.45) is 0 Å². The summed E-state index contributed by atoms with van der Waals surface area (Å²) in [5.41, 5.74) is 2.92. The number of carbonyl (C=O) groups is 1. The number of amides is 1. The Morgan fingerprint density at radius 1 is 1.23 bits per heavy atom. The van der Waals surface area contributed by atoms with Crippen molar-refractivity contribution in [3.63, 3.8) is 0 Å². The SMILES string of the molecule is CCc1cccc(NC(=O)c2cc(-c3cccnc3)on2)c1. The number of rotatable bonds is 4. The summed E-state index contributed by atoms with van der Waals surface area (Å²) in [7, 11) is 0. The quantitative estimate of drug-likeness (QED) is 0.798. The van der Waals surface area contributed by atoms with E-state index in [1.54, 1.807) is 24.5 Å². The molecular weight excluding hydrogens is 278 g/mol. The molecule has 2 heterocycles. The lowest BCUT2D eigenvalue weighted by Gasteiger charge is -2.04. The zero-order chi connectivity index (χ0) is 15.4. The molecule has 5 heteroatoms. The number of aryl methyl sites for hydroxylation is 1. The largest absolute Gasteiger partial charge is 0.355 e. The molecule has 110 valence electrons. The van der Waals surface area contributed by atoms with Gasteiger partial charge in [0.2, 0.25) is 0 Å². The molecule has 5 nitrogen and oxygen atoms in total. The summed E-state index contributed by atoms with van der Waals surface area (Å²) in [6, 6.07) is 13.0. The third-order valence-electron chi connectivity index (χ3n) is 3.28. The molecule has 0 aliphatic heterocycles. The summed E-state index contributed by atoms with van der Waals surface area (Å²) in [6.07, 6.45) is 4.25. The highest BCUT2D eigenvalue weighted by atomic mass is 16.5. The van der Waals surface area contributed by atoms with Crippen LogP contribution in [0.4, 0.5) is 5.69 Å². The Bertz CT molecular complexity index is 781. The van der Waals surface area contributed by atoms with E-state index in [9.17, 15) is 4.79 Å². The first kappa shape index (κ1) is 14.0. The van der Waals surface area contributed by atoms with Gasteiger partial charge in [-0.25, -0.2) is 0 Å². The van der Waals surface area contributed by atoms with E-state index in [1.165, 1.54) is 0 Å². The topological polar surface area (TPSA) is 68.0 Å². The van der Waals surface area contributed by atoms with Crippen LogP contribution in [-0.2, 0) is 6.42 Å². The predicted octanol–water partition coefficient (Wildman–Crippen LogP) is 3.55. The lowest BCUT2D eigenvalue weighted by molar-refractivity contribution is 0.101. The van der Waals surface area contributed by atoms with Gasteiger partial charge in [0.15, 0.2) is 11.5 Å². The van der Waals surface area contributed by atoms with Crippen molar-refractivity contribution < 1.29 is 9.32 Å². The summed E-state index contributed by atoms with van der Waals surface area (Å²) in [4.78, 5) is 16.2. The normalized spacial score (nSPS) is 10.4. The van der Waals surface area contributed by atoms with E-state index >= 15 is 0 Å². The average Bonchev–Trinajstić information content (AvgIpc) is 3.06. The van der Waals surface area contributed by atoms with E-state index in [0.717, 1.165) is 23.2 Å². The zero-order valence-corrected chi connectivity index (χ0v) is 12.1. The summed E-state index contributed by atoms with van der Waals surface area (Å²) < 4.78 is 5.20. The van der Waals surface area contributed by atoms with Crippen LogP contribution in [0.1, 0.15) is 23.0 Å². The monoisotopic (exact) mass is 293 g/mol. The van der Waals surface area contributed by atoms with Crippen LogP contribution in [0.15, 0.2) is 59.4 Å². The third-order valence-corrected chi connectivity index (χ3v) is 3.28. The number of nitrogens with zero attached hydrogens (tertiary/aromatic N) is 2. The zero-order valence-electron chi connectivity index (χ0n) is 12.1. The maximum absolute atomic E-state index is 12.2. The van der Waals surface area contributed by atoms with Crippen molar-refractivity contribution >= 4 is 11.6 Å². The van der Waals surface area contributed by atoms with Crippen molar-refractivity contribution in [2.45, 2.75) is 13.3 Å². The lowest BCUT2D eigenvalue weighted by Crippen LogP contribution is -2.12. The Morgan fingerprint density at radius 2 is 2.14 bits per heavy atom. The first-order valence-corrected chi connectivity index (χ1v) is 7.03. The molecule has 22 heavy (non-hydrogen) atoms. The molecule has 0 bridgehead atoms. The molecule has 0 unspecified atom stereocenters. The first-order chi connectivity index (χ1) is 10.8. The first-order valence-electron chi connectivity index (χ1n) is 7.03. The minimum absolute atomic E-state index is 0.237. The van der Waals surface area contributed by atoms with Crippen LogP contribution in [0.5, 0.6) is 0 Å². The van der Waals surface area contributed by atoms with Crippen LogP contribution in [-0.4, -0.2) is 16.0 Å². The van der Waals surface area contributed by atoms with Gasteiger partial charge in [0.05, 0.1) is 0 Å². The van der Waals surface area contributed by atoms with Gasteiger partial charge in [-0.3, -0.25) is 9.78 Å². The predicted molar refractivity (Wildman–Crippen MR) is 83.5 cm³/mol. The standard InChI is InChI=1S/C17H15N3O2/c1-2-12-5-3-7-14(9-12)19-17(21)15-10-16(22-20-15)13-6-4-8-18-11-13/h3-11H,2H2,1H3,(H,19,21). The number of aromatic nitrogens is 2. The highest BCUT2D eigenvalue weighted by Gasteiger charge is 2.14. The second-order valence-electron chi connectivity index (χ2n) is 4.83. The smallest absolute Gasteiger partial charge is 0.277 e. The van der Waals surface area contributed by atoms with E-state index in [1.807, 2.05) is 30.3 Å². The molecule has 1 N–H and O–H groups in total. The van der Waals surface area contributed by atoms with Crippen LogP contribution in [0.2, 0.25) is 0 Å². The highest BCUT2D eigenvalue weighted by molar-refractivity contribution is 6.03. The number of nitrogens with one attached hydrogen (secondary N) is 1. The highest BCUT2D eigenvalue weighted by Crippen LogP contribution is 2.19. The van der Waals surface area contributed by atoms with Crippen LogP contribution in [0.25, 0.3) is 11.3 Å². The molecule has 0 fully saturated rings. The minimum Gasteiger partial charge on any atom is -0.355 e. The lowest BCUT2D eigenvalue weighted by atomic mass is 10.1. The maximum Gasteiger partial charge on any atom is 0.277 e. The Balaban J connectivity index is 1.77. The summed E-state index contributed by atoms with van der Waals surface area (Å²) in [5.74, 6) is 0.215. The molecule has 2 aromatic heterocycles. The molecule has 3 rings (SSSR count). The number of pyridine rings is 1. The molecule has 0 spiro atoms. The Labute approximate surface area is 128 Å². The summed E-state index contributed by atoms with van der Waals surface area (Å²) in [5, 5.41) is 6.64. The maximum atomic E-state index is 12.2.